The van der Waals surface area contributed by atoms with Gasteiger partial charge in [0, 0.05) is 0 Å². The van der Waals surface area contributed by atoms with E-state index in [1.807, 2.05) is 0 Å². The molecule has 0 saturated carbocycles. The van der Waals surface area contributed by atoms with E-state index in [0.717, 1.165) is 6.42 Å². The van der Waals surface area contributed by atoms with Crippen LogP contribution in [-0.4, -0.2) is 14.7 Å². The maximum atomic E-state index is 8.21. The minimum Gasteiger partial charge on any atom is -0.428 e. The molecule has 0 unspecified atom stereocenters. The number of nitriles is 1. The van der Waals surface area contributed by atoms with Crippen LogP contribution in [0.25, 0.3) is 0 Å². The molecule has 0 aliphatic rings. The van der Waals surface area contributed by atoms with Crippen LogP contribution in [0.4, 0.5) is 0 Å². The van der Waals surface area contributed by atoms with Crippen molar-refractivity contribution < 1.29 is 4.74 Å². The van der Waals surface area contributed by atoms with Crippen LogP contribution in [0.2, 0.25) is 24.2 Å². The van der Waals surface area contributed by atoms with Gasteiger partial charge in [-0.05, 0) is 6.42 Å². The molecule has 0 fully saturated rings. The summed E-state index contributed by atoms with van der Waals surface area (Å²) in [4.78, 5) is 0. The van der Waals surface area contributed by atoms with E-state index in [9.17, 15) is 0 Å². The van der Waals surface area contributed by atoms with Gasteiger partial charge in [0.05, 0.1) is 8.07 Å². The maximum absolute atomic E-state index is 8.21. The van der Waals surface area contributed by atoms with E-state index in [-0.39, 0.29) is 0 Å². The maximum Gasteiger partial charge on any atom is 0.286 e. The van der Waals surface area contributed by atoms with E-state index >= 15 is 0 Å². The lowest BCUT2D eigenvalue weighted by atomic mass is 10.5. The Balaban J connectivity index is 3.76. The molecule has 0 amide bonds. The van der Waals surface area contributed by atoms with Gasteiger partial charge in [0.1, 0.15) is 6.61 Å². The monoisotopic (exact) mass is 199 g/mol. The molecule has 2 nitrogen and oxygen atoms in total. The molecular formula is C10H21NOSi. The van der Waals surface area contributed by atoms with Gasteiger partial charge in [-0.1, -0.05) is 44.9 Å². The lowest BCUT2D eigenvalue weighted by Crippen LogP contribution is -2.31. The zero-order chi connectivity index (χ0) is 10.2. The van der Waals surface area contributed by atoms with Gasteiger partial charge in [0.15, 0.2) is 0 Å². The Kier molecular flexibility index (Phi) is 6.70. The highest BCUT2D eigenvalue weighted by Crippen LogP contribution is 2.26. The van der Waals surface area contributed by atoms with Crippen LogP contribution in [0.1, 0.15) is 27.2 Å². The van der Waals surface area contributed by atoms with E-state index in [1.54, 1.807) is 6.26 Å². The molecule has 0 aliphatic heterocycles. The van der Waals surface area contributed by atoms with Crippen LogP contribution in [0.5, 0.6) is 0 Å². The van der Waals surface area contributed by atoms with Crippen LogP contribution in [0.3, 0.4) is 0 Å². The lowest BCUT2D eigenvalue weighted by molar-refractivity contribution is 0.270. The summed E-state index contributed by atoms with van der Waals surface area (Å²) in [5.74, 6) is 0. The molecule has 0 atom stereocenters. The predicted octanol–water partition coefficient (Wildman–Crippen LogP) is 3.38. The molecule has 0 aromatic heterocycles. The second kappa shape index (κ2) is 6.96. The summed E-state index contributed by atoms with van der Waals surface area (Å²) in [5, 5.41) is 8.21. The van der Waals surface area contributed by atoms with Crippen LogP contribution in [-0.2, 0) is 4.74 Å². The Morgan fingerprint density at radius 3 is 2.08 bits per heavy atom. The Morgan fingerprint density at radius 2 is 1.69 bits per heavy atom. The summed E-state index contributed by atoms with van der Waals surface area (Å²) in [5.41, 5.74) is 0. The Bertz CT molecular complexity index is 153. The molecule has 76 valence electrons. The van der Waals surface area contributed by atoms with Gasteiger partial charge in [0.25, 0.3) is 6.26 Å². The van der Waals surface area contributed by atoms with Crippen molar-refractivity contribution in [1.29, 1.82) is 5.26 Å². The van der Waals surface area contributed by atoms with E-state index in [4.69, 9.17) is 10.00 Å². The van der Waals surface area contributed by atoms with Crippen molar-refractivity contribution in [1.82, 2.24) is 0 Å². The molecule has 0 saturated heterocycles. The molecule has 0 bridgehead atoms. The summed E-state index contributed by atoms with van der Waals surface area (Å²) >= 11 is 0. The van der Waals surface area contributed by atoms with Crippen molar-refractivity contribution in [3.63, 3.8) is 0 Å². The predicted molar refractivity (Wildman–Crippen MR) is 58.2 cm³/mol. The fourth-order valence-electron chi connectivity index (χ4n) is 1.85. The fourth-order valence-corrected chi connectivity index (χ4v) is 5.30. The van der Waals surface area contributed by atoms with Gasteiger partial charge >= 0.3 is 0 Å². The third-order valence-electron chi connectivity index (χ3n) is 3.27. The summed E-state index contributed by atoms with van der Waals surface area (Å²) in [7, 11) is -0.957. The average Bonchev–Trinajstić information content (AvgIpc) is 2.20. The smallest absolute Gasteiger partial charge is 0.286 e. The molecular weight excluding hydrogens is 178 g/mol. The van der Waals surface area contributed by atoms with Gasteiger partial charge in [0.2, 0.25) is 0 Å². The zero-order valence-corrected chi connectivity index (χ0v) is 10.1. The first-order valence-electron chi connectivity index (χ1n) is 5.25. The molecule has 3 heteroatoms. The van der Waals surface area contributed by atoms with Gasteiger partial charge in [-0.2, -0.15) is 5.26 Å². The van der Waals surface area contributed by atoms with E-state index < -0.39 is 8.07 Å². The highest BCUT2D eigenvalue weighted by atomic mass is 28.3. The van der Waals surface area contributed by atoms with Crippen molar-refractivity contribution >= 4 is 8.07 Å². The number of nitrogens with zero attached hydrogens (tertiary/aromatic N) is 1. The Hall–Kier alpha value is -0.493. The second-order valence-corrected chi connectivity index (χ2v) is 9.23. The average molecular weight is 199 g/mol. The third kappa shape index (κ3) is 4.32. The highest BCUT2D eigenvalue weighted by Gasteiger charge is 2.25. The molecule has 0 heterocycles. The first-order valence-corrected chi connectivity index (χ1v) is 8.08. The van der Waals surface area contributed by atoms with Crippen LogP contribution in [0, 0.1) is 11.5 Å². The molecule has 0 aromatic carbocycles. The van der Waals surface area contributed by atoms with Crippen molar-refractivity contribution in [2.75, 3.05) is 6.61 Å². The van der Waals surface area contributed by atoms with E-state index in [0.29, 0.717) is 6.61 Å². The molecule has 0 aromatic rings. The van der Waals surface area contributed by atoms with Crippen LogP contribution in [0.15, 0.2) is 0 Å². The zero-order valence-electron chi connectivity index (χ0n) is 9.10. The lowest BCUT2D eigenvalue weighted by Gasteiger charge is -2.27. The van der Waals surface area contributed by atoms with E-state index in [2.05, 4.69) is 20.8 Å². The summed E-state index contributed by atoms with van der Waals surface area (Å²) in [6, 6.07) is 5.42. The molecule has 0 spiro atoms. The molecule has 0 rings (SSSR count). The quantitative estimate of drug-likeness (QED) is 0.358. The SMILES string of the molecule is CC[Si](CC)(CC)CCCOC#N. The second-order valence-electron chi connectivity index (χ2n) is 3.60. The summed E-state index contributed by atoms with van der Waals surface area (Å²) < 4.78 is 4.69. The van der Waals surface area contributed by atoms with Gasteiger partial charge in [-0.3, -0.25) is 0 Å². The molecule has 0 N–H and O–H groups in total. The minimum absolute atomic E-state index is 0.616. The van der Waals surface area contributed by atoms with Gasteiger partial charge in [-0.15, -0.1) is 0 Å². The Labute approximate surface area is 82.9 Å². The molecule has 13 heavy (non-hydrogen) atoms. The standard InChI is InChI=1S/C10H21NOSi/c1-4-13(5-2,6-3)9-7-8-12-10-11/h4-9H2,1-3H3. The van der Waals surface area contributed by atoms with Crippen molar-refractivity contribution in [2.24, 2.45) is 0 Å². The highest BCUT2D eigenvalue weighted by molar-refractivity contribution is 6.79. The normalized spacial score (nSPS) is 10.9. The minimum atomic E-state index is -0.957. The summed E-state index contributed by atoms with van der Waals surface area (Å²) in [6.45, 7) is 7.55. The first-order chi connectivity index (χ1) is 6.24. The Morgan fingerprint density at radius 1 is 1.15 bits per heavy atom. The van der Waals surface area contributed by atoms with Crippen LogP contribution < -0.4 is 0 Å². The molecule has 0 radical (unpaired) electrons. The third-order valence-corrected chi connectivity index (χ3v) is 9.18. The topological polar surface area (TPSA) is 33.0 Å². The number of rotatable bonds is 7. The van der Waals surface area contributed by atoms with Crippen molar-refractivity contribution in [2.45, 2.75) is 51.4 Å². The fraction of sp³-hybridized carbons (Fsp3) is 0.900. The number of ether oxygens (including phenoxy) is 1. The van der Waals surface area contributed by atoms with E-state index in [1.165, 1.54) is 24.2 Å². The number of hydrogen-bond donors (Lipinski definition) is 0. The van der Waals surface area contributed by atoms with Gasteiger partial charge < -0.3 is 4.74 Å². The van der Waals surface area contributed by atoms with Crippen molar-refractivity contribution in [3.8, 4) is 6.26 Å². The number of hydrogen-bond acceptors (Lipinski definition) is 2. The molecule has 0 aliphatic carbocycles. The largest absolute Gasteiger partial charge is 0.428 e. The van der Waals surface area contributed by atoms with Crippen molar-refractivity contribution in [3.05, 3.63) is 0 Å². The van der Waals surface area contributed by atoms with Gasteiger partial charge in [-0.25, -0.2) is 0 Å². The first kappa shape index (κ1) is 12.5. The van der Waals surface area contributed by atoms with Crippen LogP contribution >= 0.6 is 0 Å². The summed E-state index contributed by atoms with van der Waals surface area (Å²) in [6.07, 6.45) is 2.79.